The molecule has 44 heavy (non-hydrogen) atoms. The number of aryl methyl sites for hydroxylation is 3. The van der Waals surface area contributed by atoms with Gasteiger partial charge in [0.15, 0.2) is 10.9 Å². The summed E-state index contributed by atoms with van der Waals surface area (Å²) in [5, 5.41) is 29.5. The summed E-state index contributed by atoms with van der Waals surface area (Å²) in [5.74, 6) is -2.35. The molecule has 0 aliphatic rings. The van der Waals surface area contributed by atoms with Gasteiger partial charge in [-0.05, 0) is 61.4 Å². The molecule has 2 aromatic heterocycles. The zero-order valence-corrected chi connectivity index (χ0v) is 24.8. The second-order valence-electron chi connectivity index (χ2n) is 10.7. The van der Waals surface area contributed by atoms with Gasteiger partial charge in [0, 0.05) is 22.4 Å². The van der Waals surface area contributed by atoms with E-state index in [-0.39, 0.29) is 39.1 Å². The first-order valence-corrected chi connectivity index (χ1v) is 14.6. The number of phenols is 1. The van der Waals surface area contributed by atoms with Gasteiger partial charge in [0.05, 0.1) is 11.0 Å². The average molecular weight is 597 g/mol. The van der Waals surface area contributed by atoms with E-state index in [0.29, 0.717) is 22.7 Å². The summed E-state index contributed by atoms with van der Waals surface area (Å²) in [7, 11) is 0. The van der Waals surface area contributed by atoms with E-state index in [1.165, 1.54) is 12.5 Å². The Morgan fingerprint density at radius 2 is 1.48 bits per heavy atom. The van der Waals surface area contributed by atoms with E-state index in [0.717, 1.165) is 55.7 Å². The maximum Gasteiger partial charge on any atom is 0.352 e. The highest BCUT2D eigenvalue weighted by atomic mass is 16.4. The second kappa shape index (κ2) is 14.3. The average Bonchev–Trinajstić information content (AvgIpc) is 3.01. The van der Waals surface area contributed by atoms with Crippen LogP contribution in [0, 0.1) is 6.92 Å². The molecule has 9 nitrogen and oxygen atoms in total. The molecule has 9 heteroatoms. The third kappa shape index (κ3) is 7.23. The molecule has 0 aliphatic heterocycles. The van der Waals surface area contributed by atoms with E-state index in [1.807, 2.05) is 30.3 Å². The molecule has 2 heterocycles. The van der Waals surface area contributed by atoms with Gasteiger partial charge in [-0.3, -0.25) is 9.59 Å². The van der Waals surface area contributed by atoms with E-state index in [2.05, 4.69) is 29.0 Å². The fraction of sp³-hybridized carbons (Fsp3) is 0.257. The number of aromatic amines is 2. The highest BCUT2D eigenvalue weighted by molar-refractivity contribution is 5.94. The SMILES string of the molecule is CCCCCCc1ccc2c(=O)c(C)c(C(=O)O)[nH]c2c1O.O=C(O)c1cc(=O)c2cccc(CCc3ccccc3)c2[nH]1. The van der Waals surface area contributed by atoms with Crippen LogP contribution in [0.5, 0.6) is 5.75 Å². The highest BCUT2D eigenvalue weighted by Gasteiger charge is 2.17. The van der Waals surface area contributed by atoms with Crippen LogP contribution in [0.1, 0.15) is 75.8 Å². The molecule has 0 spiro atoms. The lowest BCUT2D eigenvalue weighted by Gasteiger charge is -2.10. The number of benzene rings is 3. The molecule has 0 saturated heterocycles. The molecule has 5 aromatic rings. The second-order valence-corrected chi connectivity index (χ2v) is 10.7. The molecule has 228 valence electrons. The number of aromatic nitrogens is 2. The Labute approximate surface area is 253 Å². The smallest absolute Gasteiger partial charge is 0.352 e. The van der Waals surface area contributed by atoms with Crippen molar-refractivity contribution >= 4 is 33.7 Å². The monoisotopic (exact) mass is 596 g/mol. The third-order valence-corrected chi connectivity index (χ3v) is 7.69. The number of nitrogens with one attached hydrogen (secondary N) is 2. The van der Waals surface area contributed by atoms with Crippen molar-refractivity contribution in [3.8, 4) is 5.75 Å². The predicted molar refractivity (Wildman–Crippen MR) is 171 cm³/mol. The Morgan fingerprint density at radius 1 is 0.727 bits per heavy atom. The van der Waals surface area contributed by atoms with Gasteiger partial charge in [0.1, 0.15) is 17.1 Å². The summed E-state index contributed by atoms with van der Waals surface area (Å²) < 4.78 is 0. The number of hydrogen-bond donors (Lipinski definition) is 5. The number of aromatic hydroxyl groups is 1. The van der Waals surface area contributed by atoms with Crippen molar-refractivity contribution in [2.24, 2.45) is 0 Å². The first-order valence-electron chi connectivity index (χ1n) is 14.6. The normalized spacial score (nSPS) is 10.9. The van der Waals surface area contributed by atoms with Crippen molar-refractivity contribution in [3.63, 3.8) is 0 Å². The fourth-order valence-corrected chi connectivity index (χ4v) is 5.22. The van der Waals surface area contributed by atoms with Crippen molar-refractivity contribution in [2.45, 2.75) is 58.8 Å². The van der Waals surface area contributed by atoms with Crippen LogP contribution in [-0.2, 0) is 19.3 Å². The van der Waals surface area contributed by atoms with Gasteiger partial charge in [-0.25, -0.2) is 9.59 Å². The van der Waals surface area contributed by atoms with Crippen molar-refractivity contribution < 1.29 is 24.9 Å². The molecule has 0 atom stereocenters. The number of aromatic carboxylic acids is 2. The summed E-state index contributed by atoms with van der Waals surface area (Å²) >= 11 is 0. The number of pyridine rings is 2. The summed E-state index contributed by atoms with van der Waals surface area (Å²) in [6.07, 6.45) is 6.60. The van der Waals surface area contributed by atoms with E-state index in [1.54, 1.807) is 18.2 Å². The van der Waals surface area contributed by atoms with E-state index in [9.17, 15) is 24.3 Å². The van der Waals surface area contributed by atoms with Gasteiger partial charge in [0.25, 0.3) is 0 Å². The Balaban J connectivity index is 0.000000201. The number of carbonyl (C=O) groups is 2. The maximum absolute atomic E-state index is 12.2. The number of unbranched alkanes of at least 4 members (excludes halogenated alkanes) is 3. The number of carboxylic acid groups (broad SMARTS) is 2. The van der Waals surface area contributed by atoms with Crippen LogP contribution in [0.15, 0.2) is 76.3 Å². The van der Waals surface area contributed by atoms with Gasteiger partial charge in [-0.15, -0.1) is 0 Å². The Morgan fingerprint density at radius 3 is 2.16 bits per heavy atom. The zero-order chi connectivity index (χ0) is 31.8. The van der Waals surface area contributed by atoms with E-state index >= 15 is 0 Å². The van der Waals surface area contributed by atoms with Crippen molar-refractivity contribution in [2.75, 3.05) is 0 Å². The standard InChI is InChI=1S/C18H15NO3.C17H21NO4/c20-16-11-15(18(21)22)19-17-13(7-4-8-14(16)17)10-9-12-5-2-1-3-6-12;1-3-4-5-6-7-11-8-9-12-14(16(11)20)18-13(17(21)22)10(2)15(12)19/h1-8,11H,9-10H2,(H,19,20)(H,21,22);8-9,20H,3-7H2,1-2H3,(H,18,19)(H,21,22). The summed E-state index contributed by atoms with van der Waals surface area (Å²) in [6.45, 7) is 3.60. The van der Waals surface area contributed by atoms with E-state index < -0.39 is 11.9 Å². The van der Waals surface area contributed by atoms with Gasteiger partial charge >= 0.3 is 11.9 Å². The molecule has 5 rings (SSSR count). The lowest BCUT2D eigenvalue weighted by atomic mass is 10.0. The van der Waals surface area contributed by atoms with Gasteiger partial charge in [-0.2, -0.15) is 0 Å². The van der Waals surface area contributed by atoms with Crippen LogP contribution in [0.4, 0.5) is 0 Å². The summed E-state index contributed by atoms with van der Waals surface area (Å²) in [5.41, 5.74) is 2.98. The van der Waals surface area contributed by atoms with Gasteiger partial charge < -0.3 is 25.3 Å². The summed E-state index contributed by atoms with van der Waals surface area (Å²) in [4.78, 5) is 52.2. The minimum atomic E-state index is -1.20. The van der Waals surface area contributed by atoms with E-state index in [4.69, 9.17) is 10.2 Å². The maximum atomic E-state index is 12.2. The predicted octanol–water partition coefficient (Wildman–Crippen LogP) is 6.37. The number of carboxylic acids is 2. The molecule has 3 aromatic carbocycles. The number of para-hydroxylation sites is 1. The number of H-pyrrole nitrogens is 2. The van der Waals surface area contributed by atoms with Crippen molar-refractivity contribution in [1.82, 2.24) is 9.97 Å². The molecule has 0 bridgehead atoms. The molecule has 0 radical (unpaired) electrons. The van der Waals surface area contributed by atoms with Crippen molar-refractivity contribution in [1.29, 1.82) is 0 Å². The molecular formula is C35H36N2O7. The first kappa shape index (κ1) is 31.7. The minimum Gasteiger partial charge on any atom is -0.505 e. The van der Waals surface area contributed by atoms with Crippen LogP contribution in [0.3, 0.4) is 0 Å². The third-order valence-electron chi connectivity index (χ3n) is 7.69. The fourth-order valence-electron chi connectivity index (χ4n) is 5.22. The van der Waals surface area contributed by atoms with Gasteiger partial charge in [0.2, 0.25) is 0 Å². The van der Waals surface area contributed by atoms with Crippen LogP contribution in [-0.4, -0.2) is 37.2 Å². The quantitative estimate of drug-likeness (QED) is 0.117. The molecule has 0 saturated carbocycles. The van der Waals surface area contributed by atoms with Crippen molar-refractivity contribution in [3.05, 3.63) is 121 Å². The zero-order valence-electron chi connectivity index (χ0n) is 24.8. The number of rotatable bonds is 10. The Kier molecular flexibility index (Phi) is 10.3. The minimum absolute atomic E-state index is 0.0198. The lowest BCUT2D eigenvalue weighted by molar-refractivity contribution is 0.0679. The van der Waals surface area contributed by atoms with Crippen LogP contribution < -0.4 is 10.9 Å². The molecule has 0 fully saturated rings. The highest BCUT2D eigenvalue weighted by Crippen LogP contribution is 2.28. The topological polar surface area (TPSA) is 161 Å². The molecule has 0 unspecified atom stereocenters. The molecular weight excluding hydrogens is 560 g/mol. The molecule has 5 N–H and O–H groups in total. The molecule has 0 amide bonds. The van der Waals surface area contributed by atoms with Crippen LogP contribution >= 0.6 is 0 Å². The number of phenolic OH excluding ortho intramolecular Hbond substituents is 1. The first-order chi connectivity index (χ1) is 21.1. The summed E-state index contributed by atoms with van der Waals surface area (Å²) in [6, 6.07) is 20.1. The van der Waals surface area contributed by atoms with Crippen LogP contribution in [0.25, 0.3) is 21.8 Å². The molecule has 0 aliphatic carbocycles. The number of fused-ring (bicyclic) bond motifs is 2. The largest absolute Gasteiger partial charge is 0.505 e. The lowest BCUT2D eigenvalue weighted by Crippen LogP contribution is -2.15. The Hall–Kier alpha value is -5.18. The Bertz CT molecular complexity index is 1920. The van der Waals surface area contributed by atoms with Crippen LogP contribution in [0.2, 0.25) is 0 Å². The van der Waals surface area contributed by atoms with Gasteiger partial charge in [-0.1, -0.05) is 74.7 Å². The number of hydrogen-bond acceptors (Lipinski definition) is 5.